The van der Waals surface area contributed by atoms with Crippen LogP contribution in [0.15, 0.2) is 6.07 Å². The van der Waals surface area contributed by atoms with Crippen LogP contribution in [0.4, 0.5) is 4.39 Å². The van der Waals surface area contributed by atoms with E-state index in [1.165, 1.54) is 6.07 Å². The predicted octanol–water partition coefficient (Wildman–Crippen LogP) is 2.17. The van der Waals surface area contributed by atoms with Gasteiger partial charge in [-0.1, -0.05) is 23.2 Å². The molecule has 0 spiro atoms. The van der Waals surface area contributed by atoms with Crippen LogP contribution in [0.5, 0.6) is 0 Å². The summed E-state index contributed by atoms with van der Waals surface area (Å²) in [5.74, 6) is -0.395. The number of carbonyl (C=O) groups is 1. The Hall–Kier alpha value is -0.490. The van der Waals surface area contributed by atoms with E-state index in [9.17, 15) is 9.18 Å². The van der Waals surface area contributed by atoms with Crippen LogP contribution < -0.4 is 10.6 Å². The molecule has 2 heterocycles. The summed E-state index contributed by atoms with van der Waals surface area (Å²) in [7, 11) is 0. The van der Waals surface area contributed by atoms with Crippen LogP contribution in [0.25, 0.3) is 0 Å². The minimum Gasteiger partial charge on any atom is -0.345 e. The van der Waals surface area contributed by atoms with Crippen molar-refractivity contribution in [3.05, 3.63) is 21.9 Å². The van der Waals surface area contributed by atoms with E-state index in [0.717, 1.165) is 0 Å². The highest BCUT2D eigenvalue weighted by Gasteiger charge is 2.26. The molecule has 0 aromatic carbocycles. The fraction of sp³-hybridized carbons (Fsp3) is 0.500. The van der Waals surface area contributed by atoms with Crippen molar-refractivity contribution in [2.45, 2.75) is 18.6 Å². The van der Waals surface area contributed by atoms with Crippen molar-refractivity contribution in [2.75, 3.05) is 13.1 Å². The largest absolute Gasteiger partial charge is 0.345 e. The van der Waals surface area contributed by atoms with Crippen LogP contribution in [-0.2, 0) is 0 Å². The van der Waals surface area contributed by atoms with Gasteiger partial charge < -0.3 is 15.6 Å². The molecule has 8 heteroatoms. The number of aromatic amines is 1. The fourth-order valence-electron chi connectivity index (χ4n) is 1.76. The van der Waals surface area contributed by atoms with E-state index in [-0.39, 0.29) is 34.8 Å². The van der Waals surface area contributed by atoms with Crippen molar-refractivity contribution in [2.24, 2.45) is 0 Å². The first-order valence-corrected chi connectivity index (χ1v) is 6.03. The Morgan fingerprint density at radius 2 is 2.22 bits per heavy atom. The highest BCUT2D eigenvalue weighted by molar-refractivity contribution is 6.41. The molecule has 102 valence electrons. The van der Waals surface area contributed by atoms with Crippen molar-refractivity contribution < 1.29 is 9.18 Å². The van der Waals surface area contributed by atoms with Gasteiger partial charge in [-0.15, -0.1) is 12.4 Å². The van der Waals surface area contributed by atoms with Gasteiger partial charge in [0.25, 0.3) is 5.91 Å². The average molecular weight is 317 g/mol. The summed E-state index contributed by atoms with van der Waals surface area (Å²) in [5, 5.41) is 6.02. The minimum absolute atomic E-state index is 0. The van der Waals surface area contributed by atoms with Gasteiger partial charge >= 0.3 is 0 Å². The zero-order valence-corrected chi connectivity index (χ0v) is 11.6. The Balaban J connectivity index is 0.00000162. The molecule has 0 bridgehead atoms. The van der Waals surface area contributed by atoms with E-state index in [1.807, 2.05) is 0 Å². The topological polar surface area (TPSA) is 56.9 Å². The molecule has 1 amide bonds. The minimum atomic E-state index is -1.08. The Bertz CT molecular complexity index is 407. The zero-order valence-electron chi connectivity index (χ0n) is 9.30. The Morgan fingerprint density at radius 1 is 1.50 bits per heavy atom. The number of alkyl halides is 1. The normalized spacial score (nSPS) is 23.3. The lowest BCUT2D eigenvalue weighted by Gasteiger charge is -2.27. The van der Waals surface area contributed by atoms with Crippen molar-refractivity contribution in [1.29, 1.82) is 0 Å². The smallest absolute Gasteiger partial charge is 0.268 e. The third-order valence-electron chi connectivity index (χ3n) is 2.69. The maximum atomic E-state index is 13.5. The van der Waals surface area contributed by atoms with E-state index in [1.54, 1.807) is 0 Å². The lowest BCUT2D eigenvalue weighted by atomic mass is 10.0. The van der Waals surface area contributed by atoms with Crippen LogP contribution in [0.2, 0.25) is 10.2 Å². The van der Waals surface area contributed by atoms with E-state index in [2.05, 4.69) is 15.6 Å². The zero-order chi connectivity index (χ0) is 12.4. The molecular weight excluding hydrogens is 303 g/mol. The molecule has 2 rings (SSSR count). The maximum absolute atomic E-state index is 13.5. The number of hydrogen-bond acceptors (Lipinski definition) is 2. The molecule has 2 atom stereocenters. The second-order valence-corrected chi connectivity index (χ2v) is 4.72. The molecule has 1 aromatic rings. The Labute approximate surface area is 120 Å². The van der Waals surface area contributed by atoms with E-state index in [0.29, 0.717) is 13.0 Å². The monoisotopic (exact) mass is 315 g/mol. The number of piperidine rings is 1. The SMILES string of the molecule is Cl.O=C(N[C@@H]1CCNC[C@H]1F)c1cc(Cl)c(Cl)[nH]1. The third kappa shape index (κ3) is 3.51. The van der Waals surface area contributed by atoms with Crippen LogP contribution in [0.3, 0.4) is 0 Å². The lowest BCUT2D eigenvalue weighted by Crippen LogP contribution is -2.50. The second-order valence-electron chi connectivity index (χ2n) is 3.93. The summed E-state index contributed by atoms with van der Waals surface area (Å²) < 4.78 is 13.5. The summed E-state index contributed by atoms with van der Waals surface area (Å²) in [6.07, 6.45) is -0.511. The number of rotatable bonds is 2. The molecule has 0 saturated carbocycles. The van der Waals surface area contributed by atoms with Gasteiger partial charge in [-0.3, -0.25) is 4.79 Å². The molecule has 1 aliphatic heterocycles. The van der Waals surface area contributed by atoms with Gasteiger partial charge in [-0.05, 0) is 19.0 Å². The van der Waals surface area contributed by atoms with Crippen molar-refractivity contribution in [3.63, 3.8) is 0 Å². The van der Waals surface area contributed by atoms with E-state index < -0.39 is 18.1 Å². The molecule has 18 heavy (non-hydrogen) atoms. The van der Waals surface area contributed by atoms with Gasteiger partial charge in [-0.2, -0.15) is 0 Å². The number of halogens is 4. The van der Waals surface area contributed by atoms with E-state index in [4.69, 9.17) is 23.2 Å². The molecule has 4 nitrogen and oxygen atoms in total. The molecule has 0 unspecified atom stereocenters. The van der Waals surface area contributed by atoms with Crippen LogP contribution >= 0.6 is 35.6 Å². The molecule has 1 saturated heterocycles. The van der Waals surface area contributed by atoms with Gasteiger partial charge in [0.15, 0.2) is 0 Å². The number of H-pyrrole nitrogens is 1. The summed E-state index contributed by atoms with van der Waals surface area (Å²) in [5.41, 5.74) is 0.241. The highest BCUT2D eigenvalue weighted by atomic mass is 35.5. The van der Waals surface area contributed by atoms with Gasteiger partial charge in [0, 0.05) is 6.54 Å². The van der Waals surface area contributed by atoms with Gasteiger partial charge in [0.2, 0.25) is 0 Å². The standard InChI is InChI=1S/C10H12Cl2FN3O.ClH/c11-5-3-8(15-9(5)12)10(17)16-7-1-2-14-4-6(7)13;/h3,6-7,14-15H,1-2,4H2,(H,16,17);1H/t6-,7-;/m1./s1. The summed E-state index contributed by atoms with van der Waals surface area (Å²) in [4.78, 5) is 14.4. The summed E-state index contributed by atoms with van der Waals surface area (Å²) in [6.45, 7) is 0.953. The molecular formula is C10H13Cl3FN3O. The molecule has 3 N–H and O–H groups in total. The summed E-state index contributed by atoms with van der Waals surface area (Å²) in [6, 6.07) is 0.956. The first-order valence-electron chi connectivity index (χ1n) is 5.27. The van der Waals surface area contributed by atoms with Crippen LogP contribution in [-0.4, -0.2) is 36.2 Å². The number of aromatic nitrogens is 1. The first-order chi connectivity index (χ1) is 8.08. The molecule has 0 aliphatic carbocycles. The lowest BCUT2D eigenvalue weighted by molar-refractivity contribution is 0.0888. The van der Waals surface area contributed by atoms with Crippen LogP contribution in [0.1, 0.15) is 16.9 Å². The van der Waals surface area contributed by atoms with Crippen LogP contribution in [0, 0.1) is 0 Å². The summed E-state index contributed by atoms with van der Waals surface area (Å²) >= 11 is 11.4. The van der Waals surface area contributed by atoms with Crippen molar-refractivity contribution in [3.8, 4) is 0 Å². The van der Waals surface area contributed by atoms with Gasteiger partial charge in [0.05, 0.1) is 11.1 Å². The average Bonchev–Trinajstić information content (AvgIpc) is 2.63. The number of nitrogens with one attached hydrogen (secondary N) is 3. The molecule has 1 aliphatic rings. The maximum Gasteiger partial charge on any atom is 0.268 e. The second kappa shape index (κ2) is 6.61. The number of carbonyl (C=O) groups excluding carboxylic acids is 1. The molecule has 1 fully saturated rings. The third-order valence-corrected chi connectivity index (χ3v) is 3.39. The molecule has 0 radical (unpaired) electrons. The quantitative estimate of drug-likeness (QED) is 0.783. The van der Waals surface area contributed by atoms with Gasteiger partial charge in [0.1, 0.15) is 17.0 Å². The van der Waals surface area contributed by atoms with E-state index >= 15 is 0 Å². The Kier molecular flexibility index (Phi) is 5.72. The predicted molar refractivity (Wildman–Crippen MR) is 71.7 cm³/mol. The van der Waals surface area contributed by atoms with Crippen molar-refractivity contribution in [1.82, 2.24) is 15.6 Å². The first kappa shape index (κ1) is 15.6. The van der Waals surface area contributed by atoms with Crippen molar-refractivity contribution >= 4 is 41.5 Å². The number of amides is 1. The number of hydrogen-bond donors (Lipinski definition) is 3. The molecule has 1 aromatic heterocycles. The Morgan fingerprint density at radius 3 is 2.78 bits per heavy atom. The van der Waals surface area contributed by atoms with Gasteiger partial charge in [-0.25, -0.2) is 4.39 Å². The fourth-order valence-corrected chi connectivity index (χ4v) is 2.07. The highest BCUT2D eigenvalue weighted by Crippen LogP contribution is 2.22.